The molecule has 1 heterocycles. The Morgan fingerprint density at radius 2 is 2.05 bits per heavy atom. The van der Waals surface area contributed by atoms with Crippen molar-refractivity contribution in [1.29, 1.82) is 0 Å². The molecule has 118 valence electrons. The maximum absolute atomic E-state index is 13.9. The third-order valence-corrected chi connectivity index (χ3v) is 2.92. The number of carbonyl (C=O) groups excluding carboxylic acids is 1. The van der Waals surface area contributed by atoms with Crippen molar-refractivity contribution >= 4 is 18.5 Å². The highest BCUT2D eigenvalue weighted by Gasteiger charge is 2.49. The summed E-state index contributed by atoms with van der Waals surface area (Å²) >= 11 is 0. The van der Waals surface area contributed by atoms with Gasteiger partial charge in [0.05, 0.1) is 19.8 Å². The summed E-state index contributed by atoms with van der Waals surface area (Å²) in [6, 6.07) is 0.757. The Labute approximate surface area is 125 Å². The molecule has 9 heteroatoms. The second-order valence-electron chi connectivity index (χ2n) is 4.18. The number of hydrogen-bond acceptors (Lipinski definition) is 5. The molecular weight excluding hydrogens is 312 g/mol. The first-order chi connectivity index (χ1) is 9.39. The monoisotopic (exact) mass is 325 g/mol. The smallest absolute Gasteiger partial charge is 0.408 e. The first-order valence-electron chi connectivity index (χ1n) is 5.65. The zero-order valence-electron chi connectivity index (χ0n) is 11.2. The van der Waals surface area contributed by atoms with E-state index in [-0.39, 0.29) is 29.5 Å². The van der Waals surface area contributed by atoms with Gasteiger partial charge < -0.3 is 24.6 Å². The zero-order chi connectivity index (χ0) is 14.9. The molecule has 0 aliphatic carbocycles. The topological polar surface area (TPSA) is 77.0 Å². The highest BCUT2D eigenvalue weighted by Crippen LogP contribution is 2.44. The molecule has 0 spiro atoms. The lowest BCUT2D eigenvalue weighted by Crippen LogP contribution is -2.49. The molecule has 1 aromatic rings. The van der Waals surface area contributed by atoms with Gasteiger partial charge in [-0.15, -0.1) is 12.4 Å². The predicted octanol–water partition coefficient (Wildman–Crippen LogP) is 2.25. The van der Waals surface area contributed by atoms with E-state index in [0.717, 1.165) is 6.07 Å². The fourth-order valence-electron chi connectivity index (χ4n) is 1.96. The molecule has 1 saturated heterocycles. The molecule has 1 amide bonds. The van der Waals surface area contributed by atoms with E-state index in [1.54, 1.807) is 0 Å². The molecule has 6 nitrogen and oxygen atoms in total. The van der Waals surface area contributed by atoms with Crippen molar-refractivity contribution in [1.82, 2.24) is 5.32 Å². The molecule has 2 rings (SSSR count). The molecule has 0 radical (unpaired) electrons. The van der Waals surface area contributed by atoms with E-state index in [4.69, 9.17) is 9.47 Å². The molecule has 0 aromatic heterocycles. The van der Waals surface area contributed by atoms with Gasteiger partial charge in [0.1, 0.15) is 23.3 Å². The summed E-state index contributed by atoms with van der Waals surface area (Å²) < 4.78 is 41.9. The lowest BCUT2D eigenvalue weighted by Gasteiger charge is -2.32. The van der Waals surface area contributed by atoms with Gasteiger partial charge in [0.25, 0.3) is 0 Å². The summed E-state index contributed by atoms with van der Waals surface area (Å²) in [6.07, 6.45) is -0.988. The van der Waals surface area contributed by atoms with E-state index in [1.807, 2.05) is 5.32 Å². The average Bonchev–Trinajstić information content (AvgIpc) is 2.41. The minimum absolute atomic E-state index is 0. The van der Waals surface area contributed by atoms with Gasteiger partial charge in [0.15, 0.2) is 6.61 Å². The number of aromatic hydroxyl groups is 1. The van der Waals surface area contributed by atoms with Crippen LogP contribution in [0.5, 0.6) is 17.2 Å². The van der Waals surface area contributed by atoms with Crippen LogP contribution < -0.4 is 14.8 Å². The van der Waals surface area contributed by atoms with Gasteiger partial charge in [-0.2, -0.15) is 0 Å². The number of phenols is 1. The van der Waals surface area contributed by atoms with Crippen LogP contribution in [0.25, 0.3) is 0 Å². The van der Waals surface area contributed by atoms with Crippen LogP contribution in [0.2, 0.25) is 0 Å². The third kappa shape index (κ3) is 3.21. The number of benzene rings is 1. The highest BCUT2D eigenvalue weighted by atomic mass is 35.5. The fraction of sp³-hybridized carbons (Fsp3) is 0.417. The summed E-state index contributed by atoms with van der Waals surface area (Å²) in [5.74, 6) is -3.63. The van der Waals surface area contributed by atoms with Crippen molar-refractivity contribution < 1.29 is 32.9 Å². The number of alkyl carbamates (subject to hydrolysis) is 1. The number of ether oxygens (including phenoxy) is 3. The van der Waals surface area contributed by atoms with E-state index < -0.39 is 30.4 Å². The van der Waals surface area contributed by atoms with Crippen molar-refractivity contribution in [3.63, 3.8) is 0 Å². The molecule has 1 atom stereocenters. The number of nitrogens with one attached hydrogen (secondary N) is 1. The zero-order valence-corrected chi connectivity index (χ0v) is 12.0. The van der Waals surface area contributed by atoms with E-state index in [1.165, 1.54) is 20.3 Å². The van der Waals surface area contributed by atoms with Gasteiger partial charge in [0, 0.05) is 12.1 Å². The number of cyclic esters (lactones) is 1. The van der Waals surface area contributed by atoms with E-state index in [9.17, 15) is 18.7 Å². The van der Waals surface area contributed by atoms with Crippen molar-refractivity contribution in [2.24, 2.45) is 0 Å². The van der Waals surface area contributed by atoms with Crippen LogP contribution in [0.4, 0.5) is 13.6 Å². The molecule has 1 aliphatic rings. The molecule has 2 N–H and O–H groups in total. The number of halogens is 3. The first-order valence-corrected chi connectivity index (χ1v) is 5.65. The third-order valence-electron chi connectivity index (χ3n) is 2.92. The molecule has 1 aromatic carbocycles. The van der Waals surface area contributed by atoms with Crippen LogP contribution in [-0.2, 0) is 4.74 Å². The fourth-order valence-corrected chi connectivity index (χ4v) is 1.96. The number of amides is 1. The van der Waals surface area contributed by atoms with Crippen LogP contribution in [0.1, 0.15) is 11.6 Å². The minimum atomic E-state index is -3.38. The maximum atomic E-state index is 13.9. The van der Waals surface area contributed by atoms with Crippen molar-refractivity contribution in [2.75, 3.05) is 20.8 Å². The second-order valence-corrected chi connectivity index (χ2v) is 4.18. The maximum Gasteiger partial charge on any atom is 0.408 e. The molecule has 1 fully saturated rings. The van der Waals surface area contributed by atoms with Crippen LogP contribution in [-0.4, -0.2) is 37.9 Å². The Kier molecular flexibility index (Phi) is 5.06. The van der Waals surface area contributed by atoms with Crippen LogP contribution >= 0.6 is 12.4 Å². The quantitative estimate of drug-likeness (QED) is 0.891. The predicted molar refractivity (Wildman–Crippen MR) is 70.6 cm³/mol. The standard InChI is InChI=1S/C12H13F2NO5.ClH/c1-18-6-3-7(16)9(8(4-6)19-2)10-12(13,14)5-20-11(17)15-10;/h3-4,10,16H,5H2,1-2H3,(H,15,17);1H/t10-;/m1./s1. The number of alkyl halides is 2. The first kappa shape index (κ1) is 17.1. The lowest BCUT2D eigenvalue weighted by molar-refractivity contribution is -0.105. The SMILES string of the molecule is COc1cc(O)c([C@H]2NC(=O)OCC2(F)F)c(OC)c1.Cl. The number of carbonyl (C=O) groups is 1. The minimum Gasteiger partial charge on any atom is -0.507 e. The van der Waals surface area contributed by atoms with E-state index in [2.05, 4.69) is 4.74 Å². The molecule has 21 heavy (non-hydrogen) atoms. The molecule has 1 aliphatic heterocycles. The molecule has 0 unspecified atom stereocenters. The molecular formula is C12H14ClF2NO5. The van der Waals surface area contributed by atoms with Crippen molar-refractivity contribution in [3.8, 4) is 17.2 Å². The van der Waals surface area contributed by atoms with E-state index in [0.29, 0.717) is 0 Å². The highest BCUT2D eigenvalue weighted by molar-refractivity contribution is 5.85. The number of methoxy groups -OCH3 is 2. The van der Waals surface area contributed by atoms with Gasteiger partial charge in [0.2, 0.25) is 0 Å². The van der Waals surface area contributed by atoms with Gasteiger partial charge in [-0.3, -0.25) is 0 Å². The Balaban J connectivity index is 0.00000220. The number of phenolic OH excluding ortho intramolecular Hbond substituents is 1. The largest absolute Gasteiger partial charge is 0.507 e. The molecule has 0 bridgehead atoms. The van der Waals surface area contributed by atoms with E-state index >= 15 is 0 Å². The Hall–Kier alpha value is -1.96. The Morgan fingerprint density at radius 1 is 1.38 bits per heavy atom. The summed E-state index contributed by atoms with van der Waals surface area (Å²) in [5.41, 5.74) is -0.227. The van der Waals surface area contributed by atoms with Crippen molar-refractivity contribution in [3.05, 3.63) is 17.7 Å². The normalized spacial score (nSPS) is 19.8. The summed E-state index contributed by atoms with van der Waals surface area (Å²) in [6.45, 7) is -1.07. The summed E-state index contributed by atoms with van der Waals surface area (Å²) in [4.78, 5) is 11.2. The van der Waals surface area contributed by atoms with Crippen LogP contribution in [0.3, 0.4) is 0 Å². The number of rotatable bonds is 3. The van der Waals surface area contributed by atoms with Crippen molar-refractivity contribution in [2.45, 2.75) is 12.0 Å². The van der Waals surface area contributed by atoms with Crippen LogP contribution in [0, 0.1) is 0 Å². The summed E-state index contributed by atoms with van der Waals surface area (Å²) in [5, 5.41) is 11.9. The number of hydrogen-bond donors (Lipinski definition) is 2. The Bertz CT molecular complexity index is 541. The van der Waals surface area contributed by atoms with Crippen LogP contribution in [0.15, 0.2) is 12.1 Å². The van der Waals surface area contributed by atoms with Gasteiger partial charge >= 0.3 is 12.0 Å². The lowest BCUT2D eigenvalue weighted by atomic mass is 9.97. The second kappa shape index (κ2) is 6.21. The van der Waals surface area contributed by atoms with Gasteiger partial charge in [-0.25, -0.2) is 13.6 Å². The molecule has 0 saturated carbocycles. The van der Waals surface area contributed by atoms with Gasteiger partial charge in [-0.05, 0) is 0 Å². The summed E-state index contributed by atoms with van der Waals surface area (Å²) in [7, 11) is 2.62. The average molecular weight is 326 g/mol. The van der Waals surface area contributed by atoms with Gasteiger partial charge in [-0.1, -0.05) is 0 Å². The Morgan fingerprint density at radius 3 is 2.62 bits per heavy atom.